The number of likely N-dealkylation sites (tertiary alicyclic amines) is 1. The Labute approximate surface area is 329 Å². The van der Waals surface area contributed by atoms with E-state index in [0.29, 0.717) is 17.8 Å². The van der Waals surface area contributed by atoms with Gasteiger partial charge in [-0.25, -0.2) is 4.98 Å². The van der Waals surface area contributed by atoms with Crippen LogP contribution in [0.5, 0.6) is 0 Å². The highest BCUT2D eigenvalue weighted by atomic mass is 32.1. The van der Waals surface area contributed by atoms with Crippen molar-refractivity contribution in [2.45, 2.75) is 110 Å². The maximum Gasteiger partial charge on any atom is 0.308 e. The molecule has 0 bridgehead atoms. The molecule has 0 aliphatic carbocycles. The molecule has 3 aromatic rings. The van der Waals surface area contributed by atoms with Crippen molar-refractivity contribution < 1.29 is 33.4 Å². The van der Waals surface area contributed by atoms with E-state index in [-0.39, 0.29) is 53.8 Å². The molecule has 1 aliphatic heterocycles. The van der Waals surface area contributed by atoms with Gasteiger partial charge in [-0.3, -0.25) is 28.9 Å². The number of likely N-dealkylation sites (N-methyl/N-ethyl adjacent to an activating group) is 2. The van der Waals surface area contributed by atoms with Gasteiger partial charge in [0.05, 0.1) is 19.1 Å². The molecule has 12 nitrogen and oxygen atoms in total. The number of thiazole rings is 1. The fourth-order valence-electron chi connectivity index (χ4n) is 7.42. The second-order valence-corrected chi connectivity index (χ2v) is 16.5. The number of nitrogens with zero attached hydrogens (tertiary/aromatic N) is 3. The number of methoxy groups -OCH3 is 1. The first kappa shape index (κ1) is 43.4. The van der Waals surface area contributed by atoms with Crippen molar-refractivity contribution in [1.82, 2.24) is 25.4 Å². The van der Waals surface area contributed by atoms with E-state index in [0.717, 1.165) is 42.1 Å². The van der Waals surface area contributed by atoms with Crippen molar-refractivity contribution in [3.05, 3.63) is 64.1 Å². The van der Waals surface area contributed by atoms with Crippen molar-refractivity contribution >= 4 is 51.8 Å². The van der Waals surface area contributed by atoms with Gasteiger partial charge in [0.1, 0.15) is 16.7 Å². The van der Waals surface area contributed by atoms with Crippen LogP contribution in [0.25, 0.3) is 10.8 Å². The molecule has 2 N–H and O–H groups in total. The molecule has 3 amide bonds. The monoisotopic (exact) mass is 777 g/mol. The zero-order valence-corrected chi connectivity index (χ0v) is 34.6. The highest BCUT2D eigenvalue weighted by Gasteiger charge is 2.37. The summed E-state index contributed by atoms with van der Waals surface area (Å²) < 4.78 is 10.8. The van der Waals surface area contributed by atoms with E-state index in [4.69, 9.17) is 9.47 Å². The van der Waals surface area contributed by atoms with Crippen molar-refractivity contribution in [1.29, 1.82) is 0 Å². The van der Waals surface area contributed by atoms with Crippen LogP contribution in [0.4, 0.5) is 0 Å². The van der Waals surface area contributed by atoms with Crippen LogP contribution in [0, 0.1) is 17.8 Å². The Morgan fingerprint density at radius 3 is 2.31 bits per heavy atom. The number of piperidine rings is 1. The summed E-state index contributed by atoms with van der Waals surface area (Å²) in [7, 11) is 5.01. The fraction of sp³-hybridized carbons (Fsp3) is 0.571. The molecule has 1 fully saturated rings. The summed E-state index contributed by atoms with van der Waals surface area (Å²) in [5, 5.41) is 10.4. The largest absolute Gasteiger partial charge is 0.469 e. The Bertz CT molecular complexity index is 1790. The van der Waals surface area contributed by atoms with Crippen LogP contribution in [0.15, 0.2) is 47.8 Å². The van der Waals surface area contributed by atoms with Gasteiger partial charge in [0.2, 0.25) is 11.8 Å². The van der Waals surface area contributed by atoms with Gasteiger partial charge < -0.3 is 25.0 Å². The molecule has 1 saturated heterocycles. The number of fused-ring (bicyclic) bond motifs is 1. The van der Waals surface area contributed by atoms with Crippen LogP contribution < -0.4 is 10.6 Å². The molecule has 55 heavy (non-hydrogen) atoms. The van der Waals surface area contributed by atoms with Gasteiger partial charge >= 0.3 is 11.9 Å². The summed E-state index contributed by atoms with van der Waals surface area (Å²) in [4.78, 5) is 74.3. The zero-order valence-electron chi connectivity index (χ0n) is 33.8. The van der Waals surface area contributed by atoms with Gasteiger partial charge in [0.15, 0.2) is 6.10 Å². The summed E-state index contributed by atoms with van der Waals surface area (Å²) in [5.74, 6) is -2.33. The minimum absolute atomic E-state index is 0.0459. The summed E-state index contributed by atoms with van der Waals surface area (Å²) in [6.07, 6.45) is 3.00. The van der Waals surface area contributed by atoms with E-state index < -0.39 is 36.0 Å². The average molecular weight is 778 g/mol. The number of hydrogen-bond donors (Lipinski definition) is 2. The smallest absolute Gasteiger partial charge is 0.308 e. The van der Waals surface area contributed by atoms with E-state index in [2.05, 4.69) is 21.7 Å². The Balaban J connectivity index is 1.52. The molecule has 2 heterocycles. The molecule has 0 radical (unpaired) electrons. The molecular weight excluding hydrogens is 719 g/mol. The minimum atomic E-state index is -0.831. The van der Waals surface area contributed by atoms with Gasteiger partial charge in [0, 0.05) is 37.9 Å². The lowest BCUT2D eigenvalue weighted by molar-refractivity contribution is -0.149. The first-order valence-corrected chi connectivity index (χ1v) is 20.2. The molecule has 300 valence electrons. The molecule has 4 rings (SSSR count). The lowest BCUT2D eigenvalue weighted by Crippen LogP contribution is -2.57. The molecule has 2 aromatic carbocycles. The predicted molar refractivity (Wildman–Crippen MR) is 214 cm³/mol. The Morgan fingerprint density at radius 2 is 1.67 bits per heavy atom. The fourth-order valence-corrected chi connectivity index (χ4v) is 8.25. The van der Waals surface area contributed by atoms with Crippen molar-refractivity contribution in [2.75, 3.05) is 27.7 Å². The first-order valence-electron chi connectivity index (χ1n) is 19.4. The highest BCUT2D eigenvalue weighted by molar-refractivity contribution is 7.09. The predicted octanol–water partition coefficient (Wildman–Crippen LogP) is 5.94. The van der Waals surface area contributed by atoms with Gasteiger partial charge in [-0.05, 0) is 67.4 Å². The molecule has 1 aromatic heterocycles. The third-order valence-corrected chi connectivity index (χ3v) is 11.5. The minimum Gasteiger partial charge on any atom is -0.469 e. The maximum atomic E-state index is 14.1. The second-order valence-electron chi connectivity index (χ2n) is 15.6. The quantitative estimate of drug-likeness (QED) is 0.159. The lowest BCUT2D eigenvalue weighted by atomic mass is 9.94. The van der Waals surface area contributed by atoms with Crippen molar-refractivity contribution in [3.63, 3.8) is 0 Å². The molecule has 1 unspecified atom stereocenters. The standard InChI is InChI=1S/C42H59N5O7S/c1-25(2)35(47(8)41(51)37(26(3)4)45-39(50)34-16-12-13-19-46(34)7)23-36(54-28(6)48)40-44-33(24-55-40)38(49)43-32(20-27(5)42(52)53-9)22-29-17-18-30-14-10-11-15-31(30)21-29/h10-11,14-15,17-18,21,24-27,32,34-37H,12-13,16,19-20,22-23H2,1-9H3,(H,43,49)(H,45,50)/t27-,32+,34+,35?,36+,37-/m0/s1. The summed E-state index contributed by atoms with van der Waals surface area (Å²) in [6.45, 7) is 11.7. The zero-order chi connectivity index (χ0) is 40.4. The molecule has 6 atom stereocenters. The number of amides is 3. The van der Waals surface area contributed by atoms with Crippen LogP contribution in [-0.2, 0) is 35.1 Å². The van der Waals surface area contributed by atoms with E-state index in [1.807, 2.05) is 76.0 Å². The summed E-state index contributed by atoms with van der Waals surface area (Å²) >= 11 is 1.20. The number of carbonyl (C=O) groups is 5. The third-order valence-electron chi connectivity index (χ3n) is 10.6. The van der Waals surface area contributed by atoms with Crippen molar-refractivity contribution in [2.24, 2.45) is 17.8 Å². The third kappa shape index (κ3) is 11.8. The molecule has 13 heteroatoms. The van der Waals surface area contributed by atoms with E-state index in [9.17, 15) is 24.0 Å². The molecule has 0 saturated carbocycles. The van der Waals surface area contributed by atoms with Crippen LogP contribution in [0.3, 0.4) is 0 Å². The average Bonchev–Trinajstić information content (AvgIpc) is 3.65. The number of ether oxygens (including phenoxy) is 2. The lowest BCUT2D eigenvalue weighted by Gasteiger charge is -2.37. The van der Waals surface area contributed by atoms with Crippen LogP contribution in [0.1, 0.15) is 101 Å². The van der Waals surface area contributed by atoms with E-state index in [1.54, 1.807) is 24.3 Å². The highest BCUT2D eigenvalue weighted by Crippen LogP contribution is 2.31. The molecule has 0 spiro atoms. The van der Waals surface area contributed by atoms with Gasteiger partial charge in [-0.15, -0.1) is 11.3 Å². The number of rotatable bonds is 17. The van der Waals surface area contributed by atoms with Crippen LogP contribution in [0.2, 0.25) is 0 Å². The number of nitrogens with one attached hydrogen (secondary N) is 2. The van der Waals surface area contributed by atoms with Crippen molar-refractivity contribution in [3.8, 4) is 0 Å². The van der Waals surface area contributed by atoms with Gasteiger partial charge in [0.25, 0.3) is 5.91 Å². The number of benzene rings is 2. The Kier molecular flexibility index (Phi) is 15.8. The number of esters is 2. The van der Waals surface area contributed by atoms with Gasteiger partial charge in [-0.2, -0.15) is 0 Å². The Hall–Kier alpha value is -4.36. The second kappa shape index (κ2) is 20.0. The Morgan fingerprint density at radius 1 is 0.964 bits per heavy atom. The van der Waals surface area contributed by atoms with E-state index in [1.165, 1.54) is 25.4 Å². The number of carbonyl (C=O) groups excluding carboxylic acids is 5. The van der Waals surface area contributed by atoms with Crippen LogP contribution >= 0.6 is 11.3 Å². The SMILES string of the molecule is COC(=O)[C@@H](C)C[C@H](Cc1ccc2ccccc2c1)NC(=O)c1csc([C@@H](CC(C(C)C)N(C)C(=O)[C@@H](NC(=O)[C@H]2CCCCN2C)C(C)C)OC(C)=O)n1. The normalized spacial score (nSPS) is 17.5. The summed E-state index contributed by atoms with van der Waals surface area (Å²) in [6, 6.07) is 12.4. The summed E-state index contributed by atoms with van der Waals surface area (Å²) in [5.41, 5.74) is 1.17. The number of aromatic nitrogens is 1. The maximum absolute atomic E-state index is 14.1. The van der Waals surface area contributed by atoms with Gasteiger partial charge in [-0.1, -0.05) is 83.5 Å². The number of hydrogen-bond acceptors (Lipinski definition) is 10. The molecule has 1 aliphatic rings. The topological polar surface area (TPSA) is 147 Å². The van der Waals surface area contributed by atoms with E-state index >= 15 is 0 Å². The molecular formula is C42H59N5O7S. The van der Waals surface area contributed by atoms with Crippen LogP contribution in [-0.4, -0.2) is 96.4 Å². The first-order chi connectivity index (χ1) is 26.1.